The fourth-order valence-corrected chi connectivity index (χ4v) is 3.55. The molecule has 0 aliphatic rings. The Bertz CT molecular complexity index is 1220. The first-order valence-corrected chi connectivity index (χ1v) is 10.4. The van der Waals surface area contributed by atoms with Crippen LogP contribution in [0.25, 0.3) is 16.8 Å². The number of hydrogen-bond acceptors (Lipinski definition) is 3. The lowest BCUT2D eigenvalue weighted by atomic mass is 10.1. The van der Waals surface area contributed by atoms with E-state index >= 15 is 0 Å². The standard InChI is InChI=1S/C25H27N3O2/c1-4-5-14-30-22-10-8-20(9-11-22)23-16-24-25(29)27(12-13-28(24)26-23)17-21-7-6-18(2)15-19(21)3/h6-13,15-16H,4-5,14,17H2,1-3H3. The van der Waals surface area contributed by atoms with Gasteiger partial charge in [-0.25, -0.2) is 4.52 Å². The molecule has 2 heterocycles. The van der Waals surface area contributed by atoms with E-state index in [9.17, 15) is 4.79 Å². The maximum atomic E-state index is 13.0. The molecule has 5 heteroatoms. The first-order chi connectivity index (χ1) is 14.5. The van der Waals surface area contributed by atoms with E-state index in [-0.39, 0.29) is 5.56 Å². The average Bonchev–Trinajstić information content (AvgIpc) is 3.18. The molecule has 2 aromatic heterocycles. The van der Waals surface area contributed by atoms with Gasteiger partial charge in [0.2, 0.25) is 0 Å². The van der Waals surface area contributed by atoms with E-state index in [1.807, 2.05) is 36.5 Å². The van der Waals surface area contributed by atoms with Gasteiger partial charge in [-0.2, -0.15) is 5.10 Å². The van der Waals surface area contributed by atoms with E-state index in [4.69, 9.17) is 4.74 Å². The molecule has 2 aromatic carbocycles. The van der Waals surface area contributed by atoms with Gasteiger partial charge < -0.3 is 9.30 Å². The van der Waals surface area contributed by atoms with E-state index in [1.54, 1.807) is 15.3 Å². The minimum absolute atomic E-state index is 0.0456. The minimum Gasteiger partial charge on any atom is -0.494 e. The summed E-state index contributed by atoms with van der Waals surface area (Å²) in [5, 5.41) is 4.59. The van der Waals surface area contributed by atoms with Gasteiger partial charge in [0.25, 0.3) is 5.56 Å². The van der Waals surface area contributed by atoms with Crippen molar-refractivity contribution in [3.05, 3.63) is 88.0 Å². The molecule has 0 aliphatic heterocycles. The van der Waals surface area contributed by atoms with Crippen molar-refractivity contribution in [1.82, 2.24) is 14.2 Å². The SMILES string of the molecule is CCCCOc1ccc(-c2cc3c(=O)n(Cc4ccc(C)cc4C)ccn3n2)cc1. The Hall–Kier alpha value is -3.34. The Morgan fingerprint density at radius 3 is 2.53 bits per heavy atom. The number of fused-ring (bicyclic) bond motifs is 1. The second kappa shape index (κ2) is 8.57. The normalized spacial score (nSPS) is 11.2. The number of benzene rings is 2. The summed E-state index contributed by atoms with van der Waals surface area (Å²) < 4.78 is 9.12. The van der Waals surface area contributed by atoms with Gasteiger partial charge in [0, 0.05) is 18.0 Å². The van der Waals surface area contributed by atoms with Crippen LogP contribution < -0.4 is 10.3 Å². The van der Waals surface area contributed by atoms with E-state index in [2.05, 4.69) is 44.1 Å². The summed E-state index contributed by atoms with van der Waals surface area (Å²) in [6.07, 6.45) is 5.80. The minimum atomic E-state index is -0.0456. The monoisotopic (exact) mass is 401 g/mol. The molecule has 30 heavy (non-hydrogen) atoms. The van der Waals surface area contributed by atoms with Crippen molar-refractivity contribution in [1.29, 1.82) is 0 Å². The quantitative estimate of drug-likeness (QED) is 0.409. The summed E-state index contributed by atoms with van der Waals surface area (Å²) in [6.45, 7) is 7.58. The molecule has 0 bridgehead atoms. The molecule has 0 saturated heterocycles. The summed E-state index contributed by atoms with van der Waals surface area (Å²) in [7, 11) is 0. The first kappa shape index (κ1) is 20.0. The van der Waals surface area contributed by atoms with Crippen LogP contribution in [-0.4, -0.2) is 20.8 Å². The summed E-state index contributed by atoms with van der Waals surface area (Å²) in [5.41, 5.74) is 5.82. The van der Waals surface area contributed by atoms with Crippen LogP contribution in [-0.2, 0) is 6.54 Å². The summed E-state index contributed by atoms with van der Waals surface area (Å²) in [6, 6.07) is 16.0. The topological polar surface area (TPSA) is 48.5 Å². The molecule has 0 amide bonds. The van der Waals surface area contributed by atoms with Crippen LogP contribution in [0.4, 0.5) is 0 Å². The lowest BCUT2D eigenvalue weighted by Crippen LogP contribution is -2.22. The fourth-order valence-electron chi connectivity index (χ4n) is 3.55. The van der Waals surface area contributed by atoms with Gasteiger partial charge in [0.1, 0.15) is 11.3 Å². The molecule has 4 rings (SSSR count). The van der Waals surface area contributed by atoms with Gasteiger partial charge >= 0.3 is 0 Å². The molecule has 5 nitrogen and oxygen atoms in total. The highest BCUT2D eigenvalue weighted by Crippen LogP contribution is 2.22. The Morgan fingerprint density at radius 2 is 1.80 bits per heavy atom. The van der Waals surface area contributed by atoms with Crippen LogP contribution in [0, 0.1) is 13.8 Å². The number of rotatable bonds is 7. The van der Waals surface area contributed by atoms with Gasteiger partial charge in [0.15, 0.2) is 0 Å². The Morgan fingerprint density at radius 1 is 1.00 bits per heavy atom. The molecule has 0 saturated carbocycles. The van der Waals surface area contributed by atoms with Crippen molar-refractivity contribution in [2.24, 2.45) is 0 Å². The maximum Gasteiger partial charge on any atom is 0.276 e. The Kier molecular flexibility index (Phi) is 5.70. The number of aromatic nitrogens is 3. The zero-order chi connectivity index (χ0) is 21.1. The molecule has 0 fully saturated rings. The highest BCUT2D eigenvalue weighted by molar-refractivity contribution is 5.66. The summed E-state index contributed by atoms with van der Waals surface area (Å²) in [5.74, 6) is 0.854. The molecule has 0 atom stereocenters. The number of nitrogens with zero attached hydrogens (tertiary/aromatic N) is 3. The largest absolute Gasteiger partial charge is 0.494 e. The third-order valence-corrected chi connectivity index (χ3v) is 5.36. The van der Waals surface area contributed by atoms with Crippen molar-refractivity contribution < 1.29 is 4.74 Å². The van der Waals surface area contributed by atoms with E-state index < -0.39 is 0 Å². The van der Waals surface area contributed by atoms with Crippen LogP contribution >= 0.6 is 0 Å². The number of hydrogen-bond donors (Lipinski definition) is 0. The summed E-state index contributed by atoms with van der Waals surface area (Å²) in [4.78, 5) is 13.0. The van der Waals surface area contributed by atoms with Gasteiger partial charge in [-0.05, 0) is 61.7 Å². The Balaban J connectivity index is 1.60. The van der Waals surface area contributed by atoms with Crippen molar-refractivity contribution in [2.45, 2.75) is 40.2 Å². The summed E-state index contributed by atoms with van der Waals surface area (Å²) >= 11 is 0. The molecule has 0 aliphatic carbocycles. The lowest BCUT2D eigenvalue weighted by Gasteiger charge is -2.09. The smallest absolute Gasteiger partial charge is 0.276 e. The van der Waals surface area contributed by atoms with Crippen molar-refractivity contribution >= 4 is 5.52 Å². The van der Waals surface area contributed by atoms with Crippen LogP contribution in [0.1, 0.15) is 36.5 Å². The third-order valence-electron chi connectivity index (χ3n) is 5.36. The molecular formula is C25H27N3O2. The number of ether oxygens (including phenoxy) is 1. The van der Waals surface area contributed by atoms with Crippen LogP contribution in [0.3, 0.4) is 0 Å². The predicted octanol–water partition coefficient (Wildman–Crippen LogP) is 5.01. The van der Waals surface area contributed by atoms with Crippen LogP contribution in [0.15, 0.2) is 65.7 Å². The number of unbranched alkanes of at least 4 members (excludes halogenated alkanes) is 1. The highest BCUT2D eigenvalue weighted by atomic mass is 16.5. The maximum absolute atomic E-state index is 13.0. The fraction of sp³-hybridized carbons (Fsp3) is 0.280. The van der Waals surface area contributed by atoms with Crippen molar-refractivity contribution in [3.8, 4) is 17.0 Å². The second-order valence-corrected chi connectivity index (χ2v) is 7.75. The third kappa shape index (κ3) is 4.15. The molecular weight excluding hydrogens is 374 g/mol. The Labute approximate surface area is 176 Å². The van der Waals surface area contributed by atoms with Crippen LogP contribution in [0.5, 0.6) is 5.75 Å². The zero-order valence-corrected chi connectivity index (χ0v) is 17.8. The zero-order valence-electron chi connectivity index (χ0n) is 17.8. The van der Waals surface area contributed by atoms with Gasteiger partial charge in [-0.15, -0.1) is 0 Å². The molecule has 0 radical (unpaired) electrons. The highest BCUT2D eigenvalue weighted by Gasteiger charge is 2.10. The molecule has 0 spiro atoms. The van der Waals surface area contributed by atoms with Gasteiger partial charge in [-0.1, -0.05) is 37.1 Å². The van der Waals surface area contributed by atoms with Crippen molar-refractivity contribution in [2.75, 3.05) is 6.61 Å². The average molecular weight is 402 g/mol. The first-order valence-electron chi connectivity index (χ1n) is 10.4. The van der Waals surface area contributed by atoms with Crippen molar-refractivity contribution in [3.63, 3.8) is 0 Å². The molecule has 0 N–H and O–H groups in total. The molecule has 0 unspecified atom stereocenters. The second-order valence-electron chi connectivity index (χ2n) is 7.75. The van der Waals surface area contributed by atoms with Gasteiger partial charge in [-0.3, -0.25) is 4.79 Å². The molecule has 154 valence electrons. The predicted molar refractivity (Wildman–Crippen MR) is 120 cm³/mol. The van der Waals surface area contributed by atoms with Gasteiger partial charge in [0.05, 0.1) is 18.8 Å². The number of aryl methyl sites for hydroxylation is 2. The molecule has 4 aromatic rings. The van der Waals surface area contributed by atoms with Crippen LogP contribution in [0.2, 0.25) is 0 Å². The van der Waals surface area contributed by atoms with E-state index in [0.717, 1.165) is 42.0 Å². The lowest BCUT2D eigenvalue weighted by molar-refractivity contribution is 0.309. The van der Waals surface area contributed by atoms with E-state index in [1.165, 1.54) is 11.1 Å². The van der Waals surface area contributed by atoms with E-state index in [0.29, 0.717) is 12.1 Å².